The van der Waals surface area contributed by atoms with Crippen LogP contribution in [0, 0.1) is 0 Å². The number of hydrogen-bond acceptors (Lipinski definition) is 4. The van der Waals surface area contributed by atoms with Crippen LogP contribution in [0.1, 0.15) is 31.7 Å². The topological polar surface area (TPSA) is 72.7 Å². The quantitative estimate of drug-likeness (QED) is 0.374. The molecule has 1 aromatic heterocycles. The average molecular weight is 386 g/mol. The van der Waals surface area contributed by atoms with Gasteiger partial charge in [-0.3, -0.25) is 0 Å². The zero-order valence-electron chi connectivity index (χ0n) is 16.6. The number of aliphatic imine (C=N–C) groups is 1. The van der Waals surface area contributed by atoms with Gasteiger partial charge in [0.05, 0.1) is 24.9 Å². The molecule has 1 saturated heterocycles. The van der Waals surface area contributed by atoms with Gasteiger partial charge in [0, 0.05) is 38.7 Å². The van der Waals surface area contributed by atoms with Crippen molar-refractivity contribution in [3.05, 3.63) is 48.3 Å². The van der Waals surface area contributed by atoms with Crippen molar-refractivity contribution in [1.82, 2.24) is 20.4 Å². The number of benzene rings is 1. The summed E-state index contributed by atoms with van der Waals surface area (Å²) in [4.78, 5) is 4.67. The molecule has 1 atom stereocenters. The molecule has 7 heteroatoms. The predicted molar refractivity (Wildman–Crippen MR) is 111 cm³/mol. The molecule has 1 unspecified atom stereocenters. The third-order valence-corrected chi connectivity index (χ3v) is 4.55. The summed E-state index contributed by atoms with van der Waals surface area (Å²) in [6.07, 6.45) is 7.23. The third-order valence-electron chi connectivity index (χ3n) is 4.55. The van der Waals surface area contributed by atoms with E-state index in [9.17, 15) is 0 Å². The number of aromatic nitrogens is 2. The second kappa shape index (κ2) is 11.5. The van der Waals surface area contributed by atoms with E-state index in [2.05, 4.69) is 51.9 Å². The van der Waals surface area contributed by atoms with Gasteiger partial charge < -0.3 is 20.1 Å². The van der Waals surface area contributed by atoms with Crippen LogP contribution in [0.4, 0.5) is 0 Å². The van der Waals surface area contributed by atoms with Gasteiger partial charge in [-0.05, 0) is 49.9 Å². The summed E-state index contributed by atoms with van der Waals surface area (Å²) in [5.74, 6) is 0.831. The molecule has 1 aliphatic rings. The van der Waals surface area contributed by atoms with Crippen molar-refractivity contribution in [3.8, 4) is 5.69 Å². The third kappa shape index (κ3) is 6.65. The van der Waals surface area contributed by atoms with Crippen LogP contribution in [-0.4, -0.2) is 54.8 Å². The maximum Gasteiger partial charge on any atom is 0.191 e. The van der Waals surface area contributed by atoms with Crippen LogP contribution in [-0.2, 0) is 16.0 Å². The van der Waals surface area contributed by atoms with Gasteiger partial charge in [0.1, 0.15) is 0 Å². The van der Waals surface area contributed by atoms with E-state index in [1.807, 2.05) is 16.9 Å². The zero-order chi connectivity index (χ0) is 19.4. The molecule has 0 radical (unpaired) electrons. The Bertz CT molecular complexity index is 694. The zero-order valence-corrected chi connectivity index (χ0v) is 16.6. The fraction of sp³-hybridized carbons (Fsp3) is 0.524. The Kier molecular flexibility index (Phi) is 8.33. The molecule has 1 aromatic carbocycles. The molecule has 2 N–H and O–H groups in total. The number of nitrogens with zero attached hydrogens (tertiary/aromatic N) is 3. The van der Waals surface area contributed by atoms with E-state index < -0.39 is 0 Å². The van der Waals surface area contributed by atoms with Crippen molar-refractivity contribution in [2.24, 2.45) is 4.99 Å². The normalized spacial score (nSPS) is 17.0. The van der Waals surface area contributed by atoms with Crippen LogP contribution >= 0.6 is 0 Å². The van der Waals surface area contributed by atoms with Gasteiger partial charge in [-0.15, -0.1) is 0 Å². The summed E-state index contributed by atoms with van der Waals surface area (Å²) in [5.41, 5.74) is 2.21. The molecule has 7 nitrogen and oxygen atoms in total. The smallest absolute Gasteiger partial charge is 0.191 e. The van der Waals surface area contributed by atoms with Crippen molar-refractivity contribution in [2.45, 2.75) is 38.8 Å². The molecule has 1 fully saturated rings. The summed E-state index contributed by atoms with van der Waals surface area (Å²) in [5, 5.41) is 10.9. The molecule has 0 amide bonds. The van der Waals surface area contributed by atoms with Crippen molar-refractivity contribution >= 4 is 5.96 Å². The van der Waals surface area contributed by atoms with E-state index in [-0.39, 0.29) is 0 Å². The van der Waals surface area contributed by atoms with Crippen LogP contribution < -0.4 is 10.6 Å². The maximum absolute atomic E-state index is 5.70. The number of hydrogen-bond donors (Lipinski definition) is 2. The fourth-order valence-corrected chi connectivity index (χ4v) is 3.06. The molecular formula is C21H31N5O2. The van der Waals surface area contributed by atoms with E-state index in [1.165, 1.54) is 0 Å². The first-order valence-corrected chi connectivity index (χ1v) is 10.2. The lowest BCUT2D eigenvalue weighted by Crippen LogP contribution is -2.38. The van der Waals surface area contributed by atoms with Crippen LogP contribution in [0.5, 0.6) is 0 Å². The van der Waals surface area contributed by atoms with Gasteiger partial charge in [0.2, 0.25) is 0 Å². The minimum absolute atomic E-state index is 0.298. The monoisotopic (exact) mass is 385 g/mol. The largest absolute Gasteiger partial charge is 0.379 e. The van der Waals surface area contributed by atoms with E-state index in [0.717, 1.165) is 62.8 Å². The van der Waals surface area contributed by atoms with Crippen molar-refractivity contribution < 1.29 is 9.47 Å². The van der Waals surface area contributed by atoms with Crippen LogP contribution in [0.15, 0.2) is 47.7 Å². The first-order valence-electron chi connectivity index (χ1n) is 10.2. The van der Waals surface area contributed by atoms with Gasteiger partial charge in [-0.1, -0.05) is 12.1 Å². The molecule has 0 saturated carbocycles. The molecule has 152 valence electrons. The highest BCUT2D eigenvalue weighted by atomic mass is 16.5. The molecule has 1 aliphatic heterocycles. The van der Waals surface area contributed by atoms with Gasteiger partial charge in [0.15, 0.2) is 5.96 Å². The molecule has 2 aromatic rings. The van der Waals surface area contributed by atoms with E-state index in [0.29, 0.717) is 19.3 Å². The van der Waals surface area contributed by atoms with Crippen LogP contribution in [0.3, 0.4) is 0 Å². The highest BCUT2D eigenvalue weighted by molar-refractivity contribution is 5.79. The van der Waals surface area contributed by atoms with E-state index >= 15 is 0 Å². The lowest BCUT2D eigenvalue weighted by atomic mass is 10.2. The minimum atomic E-state index is 0.298. The summed E-state index contributed by atoms with van der Waals surface area (Å²) in [7, 11) is 0. The lowest BCUT2D eigenvalue weighted by Gasteiger charge is -2.13. The molecule has 28 heavy (non-hydrogen) atoms. The second-order valence-corrected chi connectivity index (χ2v) is 6.80. The first kappa shape index (κ1) is 20.4. The van der Waals surface area contributed by atoms with Crippen molar-refractivity contribution in [3.63, 3.8) is 0 Å². The van der Waals surface area contributed by atoms with E-state index in [4.69, 9.17) is 9.47 Å². The first-order chi connectivity index (χ1) is 13.8. The highest BCUT2D eigenvalue weighted by Crippen LogP contribution is 2.12. The van der Waals surface area contributed by atoms with Crippen molar-refractivity contribution in [2.75, 3.05) is 32.9 Å². The highest BCUT2D eigenvalue weighted by Gasteiger charge is 2.14. The molecular weight excluding hydrogens is 354 g/mol. The number of ether oxygens (including phenoxy) is 2. The Labute approximate surface area is 167 Å². The summed E-state index contributed by atoms with van der Waals surface area (Å²) >= 11 is 0. The summed E-state index contributed by atoms with van der Waals surface area (Å²) in [6.45, 7) is 6.69. The summed E-state index contributed by atoms with van der Waals surface area (Å²) < 4.78 is 13.1. The number of rotatable bonds is 10. The number of guanidine groups is 1. The molecule has 0 bridgehead atoms. The standard InChI is InChI=1S/C21H31N5O2/c1-2-22-21(23-11-5-14-27-17-20-6-3-15-28-20)24-16-18-7-9-19(10-8-18)26-13-4-12-25-26/h4,7-10,12-13,20H,2-3,5-6,11,14-17H2,1H3,(H2,22,23,24). The summed E-state index contributed by atoms with van der Waals surface area (Å²) in [6, 6.07) is 10.2. The number of nitrogens with one attached hydrogen (secondary N) is 2. The molecule has 0 aliphatic carbocycles. The average Bonchev–Trinajstić information content (AvgIpc) is 3.43. The van der Waals surface area contributed by atoms with Gasteiger partial charge in [-0.2, -0.15) is 5.10 Å². The van der Waals surface area contributed by atoms with Crippen LogP contribution in [0.2, 0.25) is 0 Å². The Morgan fingerprint density at radius 1 is 1.32 bits per heavy atom. The Hall–Kier alpha value is -2.38. The molecule has 2 heterocycles. The van der Waals surface area contributed by atoms with Gasteiger partial charge in [-0.25, -0.2) is 9.67 Å². The predicted octanol–water partition coefficient (Wildman–Crippen LogP) is 2.51. The SMILES string of the molecule is CCNC(=NCc1ccc(-n2cccn2)cc1)NCCCOCC1CCCO1. The Balaban J connectivity index is 1.38. The Morgan fingerprint density at radius 3 is 2.93 bits per heavy atom. The van der Waals surface area contributed by atoms with E-state index in [1.54, 1.807) is 6.20 Å². The van der Waals surface area contributed by atoms with Crippen molar-refractivity contribution in [1.29, 1.82) is 0 Å². The minimum Gasteiger partial charge on any atom is -0.379 e. The lowest BCUT2D eigenvalue weighted by molar-refractivity contribution is 0.0168. The van der Waals surface area contributed by atoms with Gasteiger partial charge >= 0.3 is 0 Å². The van der Waals surface area contributed by atoms with Gasteiger partial charge in [0.25, 0.3) is 0 Å². The fourth-order valence-electron chi connectivity index (χ4n) is 3.06. The molecule has 3 rings (SSSR count). The second-order valence-electron chi connectivity index (χ2n) is 6.80. The Morgan fingerprint density at radius 2 is 2.21 bits per heavy atom. The maximum atomic E-state index is 5.70. The van der Waals surface area contributed by atoms with Crippen LogP contribution in [0.25, 0.3) is 5.69 Å². The molecule has 0 spiro atoms.